The van der Waals surface area contributed by atoms with E-state index in [1.165, 1.54) is 96.3 Å². The van der Waals surface area contributed by atoms with E-state index in [1.54, 1.807) is 0 Å². The number of nitrogens with zero attached hydrogens (tertiary/aromatic N) is 1. The number of likely N-dealkylation sites (N-methyl/N-ethyl adjacent to an activating group) is 1. The van der Waals surface area contributed by atoms with Crippen LogP contribution >= 0.6 is 0 Å². The van der Waals surface area contributed by atoms with Gasteiger partial charge >= 0.3 is 17.9 Å². The minimum Gasteiger partial charge on any atom is -0.477 e. The lowest BCUT2D eigenvalue weighted by Crippen LogP contribution is -2.50. The number of carboxylic acid groups (broad SMARTS) is 1. The molecule has 57 heavy (non-hydrogen) atoms. The Morgan fingerprint density at radius 1 is 0.544 bits per heavy atom. The first kappa shape index (κ1) is 54.0. The van der Waals surface area contributed by atoms with Gasteiger partial charge in [-0.25, -0.2) is 4.79 Å². The summed E-state index contributed by atoms with van der Waals surface area (Å²) in [6.45, 7) is 4.55. The van der Waals surface area contributed by atoms with Crippen molar-refractivity contribution >= 4 is 17.9 Å². The zero-order valence-electron chi connectivity index (χ0n) is 37.3. The third-order valence-electron chi connectivity index (χ3n) is 10.00. The molecule has 0 aromatic carbocycles. The average molecular weight is 801 g/mol. The Hall–Kier alpha value is -2.97. The monoisotopic (exact) mass is 801 g/mol. The van der Waals surface area contributed by atoms with Crippen molar-refractivity contribution < 1.29 is 38.2 Å². The molecule has 2 atom stereocenters. The number of quaternary nitrogens is 1. The van der Waals surface area contributed by atoms with E-state index in [2.05, 4.69) is 38.2 Å². The van der Waals surface area contributed by atoms with Gasteiger partial charge in [-0.05, 0) is 57.8 Å². The van der Waals surface area contributed by atoms with Crippen molar-refractivity contribution in [3.05, 3.63) is 60.8 Å². The predicted octanol–water partition coefficient (Wildman–Crippen LogP) is 12.6. The zero-order chi connectivity index (χ0) is 42.1. The van der Waals surface area contributed by atoms with Gasteiger partial charge in [0, 0.05) is 19.3 Å². The SMILES string of the molecule is CC/C=C/C=C/C=C/C=C/CCCCCC(=O)OC(COCCC(C(=O)O)[N+](C)(C)C)COC(=O)CCCCCCCCC/C=C/CCCCCCCCCCC. The van der Waals surface area contributed by atoms with Crippen molar-refractivity contribution in [2.75, 3.05) is 41.0 Å². The highest BCUT2D eigenvalue weighted by Gasteiger charge is 2.31. The summed E-state index contributed by atoms with van der Waals surface area (Å²) < 4.78 is 17.2. The first-order chi connectivity index (χ1) is 27.6. The maximum Gasteiger partial charge on any atom is 0.362 e. The quantitative estimate of drug-likeness (QED) is 0.0217. The molecule has 0 amide bonds. The molecule has 328 valence electrons. The van der Waals surface area contributed by atoms with Gasteiger partial charge in [0.05, 0.1) is 34.4 Å². The molecule has 1 N–H and O–H groups in total. The van der Waals surface area contributed by atoms with Crippen molar-refractivity contribution in [2.45, 2.75) is 193 Å². The van der Waals surface area contributed by atoms with Gasteiger partial charge < -0.3 is 23.8 Å². The highest BCUT2D eigenvalue weighted by atomic mass is 16.6. The first-order valence-corrected chi connectivity index (χ1v) is 22.9. The minimum absolute atomic E-state index is 0.0417. The van der Waals surface area contributed by atoms with E-state index in [0.29, 0.717) is 19.3 Å². The normalized spacial score (nSPS) is 13.5. The Bertz CT molecular complexity index is 1120. The van der Waals surface area contributed by atoms with Crippen LogP contribution in [0.1, 0.15) is 181 Å². The summed E-state index contributed by atoms with van der Waals surface area (Å²) in [5.74, 6) is -1.53. The van der Waals surface area contributed by atoms with Crippen LogP contribution in [-0.4, -0.2) is 80.6 Å². The molecule has 0 aromatic rings. The summed E-state index contributed by atoms with van der Waals surface area (Å²) in [7, 11) is 5.50. The zero-order valence-corrected chi connectivity index (χ0v) is 37.3. The molecule has 0 radical (unpaired) electrons. The van der Waals surface area contributed by atoms with Crippen LogP contribution < -0.4 is 0 Å². The molecule has 0 saturated carbocycles. The molecule has 0 aliphatic rings. The Morgan fingerprint density at radius 3 is 1.53 bits per heavy atom. The number of hydrogen-bond donors (Lipinski definition) is 1. The van der Waals surface area contributed by atoms with Gasteiger partial charge in [0.25, 0.3) is 0 Å². The van der Waals surface area contributed by atoms with Crippen LogP contribution in [0.4, 0.5) is 0 Å². The molecule has 0 fully saturated rings. The fourth-order valence-electron chi connectivity index (χ4n) is 6.45. The van der Waals surface area contributed by atoms with Crippen LogP contribution in [0.15, 0.2) is 60.8 Å². The van der Waals surface area contributed by atoms with Crippen LogP contribution in [0.5, 0.6) is 0 Å². The van der Waals surface area contributed by atoms with Crippen LogP contribution in [0.3, 0.4) is 0 Å². The molecule has 2 unspecified atom stereocenters. The number of carboxylic acids is 1. The second-order valence-electron chi connectivity index (χ2n) is 16.4. The third-order valence-corrected chi connectivity index (χ3v) is 10.00. The lowest BCUT2D eigenvalue weighted by Gasteiger charge is -2.31. The van der Waals surface area contributed by atoms with Crippen LogP contribution in [-0.2, 0) is 28.6 Å². The van der Waals surface area contributed by atoms with Crippen LogP contribution in [0.2, 0.25) is 0 Å². The first-order valence-electron chi connectivity index (χ1n) is 22.9. The van der Waals surface area contributed by atoms with Gasteiger partial charge in [-0.15, -0.1) is 0 Å². The number of esters is 2. The topological polar surface area (TPSA) is 99.1 Å². The van der Waals surface area contributed by atoms with Gasteiger partial charge in [0.15, 0.2) is 12.1 Å². The fourth-order valence-corrected chi connectivity index (χ4v) is 6.45. The number of allylic oxidation sites excluding steroid dienone is 10. The lowest BCUT2D eigenvalue weighted by atomic mass is 10.1. The number of unbranched alkanes of at least 4 members (excludes halogenated alkanes) is 19. The van der Waals surface area contributed by atoms with Crippen molar-refractivity contribution in [3.8, 4) is 0 Å². The summed E-state index contributed by atoms with van der Waals surface area (Å²) in [5.41, 5.74) is 0. The summed E-state index contributed by atoms with van der Waals surface area (Å²) in [4.78, 5) is 37.0. The molecule has 0 aliphatic carbocycles. The van der Waals surface area contributed by atoms with E-state index in [4.69, 9.17) is 14.2 Å². The van der Waals surface area contributed by atoms with Crippen molar-refractivity contribution in [1.29, 1.82) is 0 Å². The minimum atomic E-state index is -0.884. The Balaban J connectivity index is 4.32. The maximum absolute atomic E-state index is 12.7. The van der Waals surface area contributed by atoms with Gasteiger partial charge in [-0.3, -0.25) is 9.59 Å². The highest BCUT2D eigenvalue weighted by Crippen LogP contribution is 2.14. The van der Waals surface area contributed by atoms with E-state index < -0.39 is 18.1 Å². The van der Waals surface area contributed by atoms with E-state index in [-0.39, 0.29) is 42.7 Å². The molecule has 0 aromatic heterocycles. The number of ether oxygens (including phenoxy) is 3. The van der Waals surface area contributed by atoms with E-state index in [1.807, 2.05) is 57.6 Å². The maximum atomic E-state index is 12.7. The van der Waals surface area contributed by atoms with E-state index in [9.17, 15) is 19.5 Å². The van der Waals surface area contributed by atoms with Crippen LogP contribution in [0, 0.1) is 0 Å². The van der Waals surface area contributed by atoms with Gasteiger partial charge in [0.1, 0.15) is 6.61 Å². The number of aliphatic carboxylic acids is 1. The largest absolute Gasteiger partial charge is 0.477 e. The molecule has 8 heteroatoms. The molecule has 0 spiro atoms. The molecular weight excluding hydrogens is 715 g/mol. The second kappa shape index (κ2) is 39.8. The highest BCUT2D eigenvalue weighted by molar-refractivity contribution is 5.72. The number of hydrogen-bond acceptors (Lipinski definition) is 6. The van der Waals surface area contributed by atoms with Gasteiger partial charge in [-0.1, -0.05) is 164 Å². The smallest absolute Gasteiger partial charge is 0.362 e. The van der Waals surface area contributed by atoms with Gasteiger partial charge in [0.2, 0.25) is 0 Å². The molecule has 0 aliphatic heterocycles. The fraction of sp³-hybridized carbons (Fsp3) is 0.735. The Kier molecular flexibility index (Phi) is 37.8. The van der Waals surface area contributed by atoms with Gasteiger partial charge in [-0.2, -0.15) is 0 Å². The van der Waals surface area contributed by atoms with E-state index in [0.717, 1.165) is 44.9 Å². The van der Waals surface area contributed by atoms with E-state index >= 15 is 0 Å². The molecule has 0 saturated heterocycles. The molecule has 0 rings (SSSR count). The van der Waals surface area contributed by atoms with Crippen molar-refractivity contribution in [2.24, 2.45) is 0 Å². The number of rotatable bonds is 40. The molecule has 0 heterocycles. The summed E-state index contributed by atoms with van der Waals surface area (Å²) in [5, 5.41) is 9.62. The summed E-state index contributed by atoms with van der Waals surface area (Å²) in [6, 6.07) is -0.624. The van der Waals surface area contributed by atoms with Crippen molar-refractivity contribution in [3.63, 3.8) is 0 Å². The molecule has 8 nitrogen and oxygen atoms in total. The number of carbonyl (C=O) groups excluding carboxylic acids is 2. The predicted molar refractivity (Wildman–Crippen MR) is 238 cm³/mol. The second-order valence-corrected chi connectivity index (χ2v) is 16.4. The summed E-state index contributed by atoms with van der Waals surface area (Å²) in [6.07, 6.45) is 48.5. The molecular formula is C49H86NO7+. The third kappa shape index (κ3) is 38.3. The lowest BCUT2D eigenvalue weighted by molar-refractivity contribution is -0.887. The van der Waals surface area contributed by atoms with Crippen molar-refractivity contribution in [1.82, 2.24) is 0 Å². The standard InChI is InChI=1S/C49H85NO7/c1-6-8-10-12-14-16-18-20-21-22-23-24-25-26-28-29-31-33-35-37-39-47(51)56-44-45(43-55-42-41-46(49(53)54)50(3,4)5)57-48(52)40-38-36-34-32-30-27-19-17-15-13-11-9-7-2/h9,11,13,15,17,19,23-24,27,30,45-46H,6-8,10,12,14,16,18,20-22,25-26,28-29,31-44H2,1-5H3/p+1/b11-9+,15-13+,19-17+,24-23+,30-27+. The average Bonchev–Trinajstić information content (AvgIpc) is 3.17. The van der Waals surface area contributed by atoms with Crippen LogP contribution in [0.25, 0.3) is 0 Å². The number of carbonyl (C=O) groups is 3. The molecule has 0 bridgehead atoms. The summed E-state index contributed by atoms with van der Waals surface area (Å²) >= 11 is 0. The Labute approximate surface area is 349 Å². The Morgan fingerprint density at radius 2 is 1.00 bits per heavy atom.